The number of aromatic nitrogens is 2. The van der Waals surface area contributed by atoms with E-state index in [0.29, 0.717) is 0 Å². The molecule has 0 atom stereocenters. The van der Waals surface area contributed by atoms with Gasteiger partial charge in [-0.15, -0.1) is 0 Å². The molecule has 20 heavy (non-hydrogen) atoms. The molecular formula is C16H13BrN2S. The van der Waals surface area contributed by atoms with Crippen LogP contribution in [0.2, 0.25) is 0 Å². The number of hydrogen-bond acceptors (Lipinski definition) is 1. The molecule has 4 heteroatoms. The van der Waals surface area contributed by atoms with Crippen LogP contribution in [0.4, 0.5) is 0 Å². The zero-order chi connectivity index (χ0) is 13.9. The van der Waals surface area contributed by atoms with Gasteiger partial charge in [0.05, 0.1) is 12.2 Å². The molecule has 100 valence electrons. The number of aromatic amines is 1. The molecule has 1 N–H and O–H groups in total. The molecule has 0 saturated carbocycles. The van der Waals surface area contributed by atoms with E-state index in [2.05, 4.69) is 39.2 Å². The fourth-order valence-electron chi connectivity index (χ4n) is 2.11. The summed E-state index contributed by atoms with van der Waals surface area (Å²) in [5, 5.41) is 3.37. The molecule has 2 nitrogen and oxygen atoms in total. The van der Waals surface area contributed by atoms with Crippen LogP contribution in [0.3, 0.4) is 0 Å². The van der Waals surface area contributed by atoms with Crippen molar-refractivity contribution in [3.8, 4) is 11.3 Å². The lowest BCUT2D eigenvalue weighted by atomic mass is 10.2. The lowest BCUT2D eigenvalue weighted by Crippen LogP contribution is -2.02. The summed E-state index contributed by atoms with van der Waals surface area (Å²) in [5.41, 5.74) is 3.39. The first-order chi connectivity index (χ1) is 9.74. The van der Waals surface area contributed by atoms with Crippen LogP contribution in [0.5, 0.6) is 0 Å². The van der Waals surface area contributed by atoms with Crippen LogP contribution in [0, 0.1) is 4.64 Å². The van der Waals surface area contributed by atoms with Crippen molar-refractivity contribution in [3.63, 3.8) is 0 Å². The molecule has 2 aromatic carbocycles. The molecule has 0 fully saturated rings. The van der Waals surface area contributed by atoms with Crippen LogP contribution < -0.4 is 0 Å². The fraction of sp³-hybridized carbons (Fsp3) is 0.0625. The van der Waals surface area contributed by atoms with Gasteiger partial charge in [0.25, 0.3) is 0 Å². The van der Waals surface area contributed by atoms with E-state index < -0.39 is 0 Å². The van der Waals surface area contributed by atoms with Gasteiger partial charge in [0.15, 0.2) is 0 Å². The lowest BCUT2D eigenvalue weighted by molar-refractivity contribution is 0.678. The van der Waals surface area contributed by atoms with Crippen molar-refractivity contribution in [3.05, 3.63) is 75.3 Å². The van der Waals surface area contributed by atoms with Gasteiger partial charge in [-0.1, -0.05) is 76.7 Å². The van der Waals surface area contributed by atoms with Crippen molar-refractivity contribution in [2.75, 3.05) is 0 Å². The Hall–Kier alpha value is -1.65. The lowest BCUT2D eigenvalue weighted by Gasteiger charge is -2.06. The van der Waals surface area contributed by atoms with E-state index in [1.54, 1.807) is 0 Å². The Kier molecular flexibility index (Phi) is 3.85. The van der Waals surface area contributed by atoms with Gasteiger partial charge in [0.2, 0.25) is 0 Å². The Morgan fingerprint density at radius 3 is 2.45 bits per heavy atom. The number of H-pyrrole nitrogens is 1. The molecule has 0 aliphatic carbocycles. The van der Waals surface area contributed by atoms with E-state index in [4.69, 9.17) is 12.2 Å². The third-order valence-electron chi connectivity index (χ3n) is 3.16. The van der Waals surface area contributed by atoms with Crippen LogP contribution >= 0.6 is 28.1 Å². The number of halogens is 1. The zero-order valence-corrected chi connectivity index (χ0v) is 13.1. The summed E-state index contributed by atoms with van der Waals surface area (Å²) in [6.07, 6.45) is 0. The average molecular weight is 345 g/mol. The Labute approximate surface area is 131 Å². The zero-order valence-electron chi connectivity index (χ0n) is 10.7. The Morgan fingerprint density at radius 1 is 1.00 bits per heavy atom. The maximum absolute atomic E-state index is 5.43. The minimum absolute atomic E-state index is 0.729. The second-order valence-corrected chi connectivity index (χ2v) is 5.82. The second kappa shape index (κ2) is 5.77. The van der Waals surface area contributed by atoms with Gasteiger partial charge in [0, 0.05) is 4.47 Å². The summed E-state index contributed by atoms with van der Waals surface area (Å²) in [6.45, 7) is 0.729. The van der Waals surface area contributed by atoms with Crippen molar-refractivity contribution in [2.45, 2.75) is 6.54 Å². The molecule has 3 rings (SSSR count). The molecule has 0 unspecified atom stereocenters. The van der Waals surface area contributed by atoms with Crippen molar-refractivity contribution in [1.29, 1.82) is 0 Å². The molecular weight excluding hydrogens is 332 g/mol. The summed E-state index contributed by atoms with van der Waals surface area (Å²) < 4.78 is 3.88. The number of rotatable bonds is 3. The highest BCUT2D eigenvalue weighted by Gasteiger charge is 2.05. The van der Waals surface area contributed by atoms with E-state index in [1.165, 1.54) is 5.56 Å². The molecule has 3 aromatic rings. The molecule has 1 heterocycles. The largest absolute Gasteiger partial charge is 0.297 e. The minimum Gasteiger partial charge on any atom is -0.297 e. The summed E-state index contributed by atoms with van der Waals surface area (Å²) >= 11 is 9.00. The Bertz CT molecular complexity index is 774. The van der Waals surface area contributed by atoms with Crippen LogP contribution in [0.25, 0.3) is 11.3 Å². The summed E-state index contributed by atoms with van der Waals surface area (Å²) in [4.78, 5) is 0. The third kappa shape index (κ3) is 2.76. The number of hydrogen-bond donors (Lipinski definition) is 1. The van der Waals surface area contributed by atoms with Gasteiger partial charge in [0.1, 0.15) is 4.64 Å². The minimum atomic E-state index is 0.729. The van der Waals surface area contributed by atoms with Crippen LogP contribution in [0.1, 0.15) is 5.56 Å². The topological polar surface area (TPSA) is 20.7 Å². The maximum Gasteiger partial charge on any atom is 0.122 e. The second-order valence-electron chi connectivity index (χ2n) is 4.55. The first-order valence-electron chi connectivity index (χ1n) is 6.33. The number of nitrogens with zero attached hydrogens (tertiary/aromatic N) is 1. The Balaban J connectivity index is 1.95. The fourth-order valence-corrected chi connectivity index (χ4v) is 2.75. The highest BCUT2D eigenvalue weighted by atomic mass is 79.9. The molecule has 0 amide bonds. The maximum atomic E-state index is 5.43. The van der Waals surface area contributed by atoms with Gasteiger partial charge in [-0.25, -0.2) is 0 Å². The van der Waals surface area contributed by atoms with E-state index in [-0.39, 0.29) is 0 Å². The quantitative estimate of drug-likeness (QED) is 0.661. The first kappa shape index (κ1) is 13.3. The number of nitrogens with one attached hydrogen (secondary N) is 1. The van der Waals surface area contributed by atoms with Crippen molar-refractivity contribution in [2.24, 2.45) is 0 Å². The highest BCUT2D eigenvalue weighted by Crippen LogP contribution is 2.20. The monoisotopic (exact) mass is 344 g/mol. The van der Waals surface area contributed by atoms with E-state index in [1.807, 2.05) is 47.1 Å². The van der Waals surface area contributed by atoms with Crippen LogP contribution in [-0.2, 0) is 6.54 Å². The SMILES string of the molecule is S=c1cc(-c2ccccc2)[nH]n1Cc1ccccc1Br. The molecule has 0 saturated heterocycles. The summed E-state index contributed by atoms with van der Waals surface area (Å²) in [6, 6.07) is 20.4. The summed E-state index contributed by atoms with van der Waals surface area (Å²) in [7, 11) is 0. The van der Waals surface area contributed by atoms with Crippen molar-refractivity contribution < 1.29 is 0 Å². The predicted octanol–water partition coefficient (Wildman–Crippen LogP) is 5.02. The third-order valence-corrected chi connectivity index (χ3v) is 4.27. The standard InChI is InChI=1S/C16H13BrN2S/c17-14-9-5-4-8-13(14)11-19-16(20)10-15(18-19)12-6-2-1-3-7-12/h1-10,18H,11H2. The Morgan fingerprint density at radius 2 is 1.70 bits per heavy atom. The predicted molar refractivity (Wildman–Crippen MR) is 88.3 cm³/mol. The molecule has 0 radical (unpaired) electrons. The molecule has 0 bridgehead atoms. The average Bonchev–Trinajstić information content (AvgIpc) is 2.84. The van der Waals surface area contributed by atoms with Crippen LogP contribution in [-0.4, -0.2) is 9.78 Å². The van der Waals surface area contributed by atoms with E-state index >= 15 is 0 Å². The van der Waals surface area contributed by atoms with Crippen molar-refractivity contribution in [1.82, 2.24) is 9.78 Å². The van der Waals surface area contributed by atoms with Crippen molar-refractivity contribution >= 4 is 28.1 Å². The first-order valence-corrected chi connectivity index (χ1v) is 7.53. The molecule has 0 spiro atoms. The van der Waals surface area contributed by atoms with Gasteiger partial charge in [-0.2, -0.15) is 0 Å². The number of benzene rings is 2. The molecule has 0 aliphatic rings. The van der Waals surface area contributed by atoms with E-state index in [9.17, 15) is 0 Å². The van der Waals surface area contributed by atoms with Gasteiger partial charge in [-0.05, 0) is 23.3 Å². The molecule has 1 aromatic heterocycles. The molecule has 0 aliphatic heterocycles. The van der Waals surface area contributed by atoms with Gasteiger partial charge >= 0.3 is 0 Å². The highest BCUT2D eigenvalue weighted by molar-refractivity contribution is 9.10. The summed E-state index contributed by atoms with van der Waals surface area (Å²) in [5.74, 6) is 0. The van der Waals surface area contributed by atoms with Crippen LogP contribution in [0.15, 0.2) is 65.1 Å². The normalized spacial score (nSPS) is 10.7. The van der Waals surface area contributed by atoms with Gasteiger partial charge < -0.3 is 0 Å². The van der Waals surface area contributed by atoms with Gasteiger partial charge in [-0.3, -0.25) is 9.78 Å². The van der Waals surface area contributed by atoms with E-state index in [0.717, 1.165) is 26.9 Å². The smallest absolute Gasteiger partial charge is 0.122 e.